The number of nitrogens with one attached hydrogen (secondary N) is 1. The molecule has 3 N–H and O–H groups in total. The minimum atomic E-state index is 0.176. The number of hydrogen-bond acceptors (Lipinski definition) is 5. The average Bonchev–Trinajstić information content (AvgIpc) is 3.13. The zero-order chi connectivity index (χ0) is 13.6. The number of nitrogens with two attached hydrogens (primary N) is 1. The van der Waals surface area contributed by atoms with Gasteiger partial charge in [0.2, 0.25) is 0 Å². The molecular formula is C14H23N3OS. The largest absolute Gasteiger partial charge is 0.383 e. The molecule has 2 atom stereocenters. The third-order valence-corrected chi connectivity index (χ3v) is 5.40. The van der Waals surface area contributed by atoms with E-state index in [1.165, 1.54) is 34.9 Å². The monoisotopic (exact) mass is 281 g/mol. The molecule has 0 aliphatic heterocycles. The Hall–Kier alpha value is -0.810. The van der Waals surface area contributed by atoms with Gasteiger partial charge in [-0.1, -0.05) is 13.8 Å². The van der Waals surface area contributed by atoms with Crippen molar-refractivity contribution in [1.29, 1.82) is 0 Å². The summed E-state index contributed by atoms with van der Waals surface area (Å²) in [6.45, 7) is 7.40. The molecule has 1 heterocycles. The van der Waals surface area contributed by atoms with Crippen molar-refractivity contribution >= 4 is 22.4 Å². The van der Waals surface area contributed by atoms with E-state index in [1.54, 1.807) is 0 Å². The van der Waals surface area contributed by atoms with Crippen molar-refractivity contribution in [3.63, 3.8) is 0 Å². The van der Waals surface area contributed by atoms with Gasteiger partial charge in [-0.3, -0.25) is 0 Å². The molecular weight excluding hydrogens is 258 g/mol. The summed E-state index contributed by atoms with van der Waals surface area (Å²) in [5, 5.41) is 4.85. The molecule has 1 aromatic rings. The maximum Gasteiger partial charge on any atom is 0.142 e. The molecule has 2 fully saturated rings. The van der Waals surface area contributed by atoms with Gasteiger partial charge in [0, 0.05) is 23.6 Å². The summed E-state index contributed by atoms with van der Waals surface area (Å²) in [6.07, 6.45) is 3.95. The van der Waals surface area contributed by atoms with Crippen LogP contribution in [0, 0.1) is 5.41 Å². The normalized spacial score (nSPS) is 29.0. The topological polar surface area (TPSA) is 60.2 Å². The highest BCUT2D eigenvalue weighted by Crippen LogP contribution is 2.50. The highest BCUT2D eigenvalue weighted by Gasteiger charge is 2.49. The lowest BCUT2D eigenvalue weighted by atomic mass is 9.64. The lowest BCUT2D eigenvalue weighted by molar-refractivity contribution is -0.0975. The highest BCUT2D eigenvalue weighted by molar-refractivity contribution is 7.10. The molecule has 0 bridgehead atoms. The lowest BCUT2D eigenvalue weighted by Crippen LogP contribution is -2.58. The number of rotatable bonds is 5. The van der Waals surface area contributed by atoms with E-state index < -0.39 is 0 Å². The van der Waals surface area contributed by atoms with Crippen LogP contribution in [0.4, 0.5) is 10.8 Å². The molecule has 2 unspecified atom stereocenters. The Kier molecular flexibility index (Phi) is 3.21. The summed E-state index contributed by atoms with van der Waals surface area (Å²) >= 11 is 1.51. The van der Waals surface area contributed by atoms with E-state index in [-0.39, 0.29) is 5.41 Å². The van der Waals surface area contributed by atoms with Crippen molar-refractivity contribution in [3.8, 4) is 0 Å². The maximum absolute atomic E-state index is 5.99. The van der Waals surface area contributed by atoms with Gasteiger partial charge in [-0.15, -0.1) is 0 Å². The predicted molar refractivity (Wildman–Crippen MR) is 79.7 cm³/mol. The van der Waals surface area contributed by atoms with E-state index >= 15 is 0 Å². The Labute approximate surface area is 118 Å². The van der Waals surface area contributed by atoms with E-state index in [0.717, 1.165) is 18.8 Å². The van der Waals surface area contributed by atoms with Crippen LogP contribution in [0.5, 0.6) is 0 Å². The smallest absolute Gasteiger partial charge is 0.142 e. The molecule has 2 aliphatic rings. The van der Waals surface area contributed by atoms with Crippen LogP contribution in [0.3, 0.4) is 0 Å². The van der Waals surface area contributed by atoms with Crippen LogP contribution in [0.15, 0.2) is 0 Å². The van der Waals surface area contributed by atoms with Crippen LogP contribution in [-0.4, -0.2) is 23.1 Å². The molecule has 106 valence electrons. The minimum absolute atomic E-state index is 0.176. The van der Waals surface area contributed by atoms with Gasteiger partial charge in [0.15, 0.2) is 0 Å². The molecule has 0 aromatic carbocycles. The zero-order valence-corrected chi connectivity index (χ0v) is 12.7. The number of nitrogen functional groups attached to an aromatic ring is 1. The Morgan fingerprint density at radius 1 is 1.47 bits per heavy atom. The fourth-order valence-corrected chi connectivity index (χ4v) is 3.81. The van der Waals surface area contributed by atoms with Crippen molar-refractivity contribution in [1.82, 2.24) is 4.37 Å². The van der Waals surface area contributed by atoms with Gasteiger partial charge >= 0.3 is 0 Å². The lowest BCUT2D eigenvalue weighted by Gasteiger charge is -2.51. The Morgan fingerprint density at radius 2 is 2.21 bits per heavy atom. The summed E-state index contributed by atoms with van der Waals surface area (Å²) in [5.74, 6) is 1.38. The van der Waals surface area contributed by atoms with Crippen LogP contribution in [-0.2, 0) is 4.74 Å². The van der Waals surface area contributed by atoms with Gasteiger partial charge in [0.05, 0.1) is 6.10 Å². The molecule has 4 nitrogen and oxygen atoms in total. The average molecular weight is 281 g/mol. The second-order valence-electron chi connectivity index (χ2n) is 6.28. The second kappa shape index (κ2) is 4.63. The third kappa shape index (κ3) is 2.23. The van der Waals surface area contributed by atoms with Gasteiger partial charge in [0.25, 0.3) is 0 Å². The van der Waals surface area contributed by atoms with Crippen molar-refractivity contribution < 1.29 is 4.74 Å². The van der Waals surface area contributed by atoms with E-state index in [1.807, 2.05) is 0 Å². The quantitative estimate of drug-likeness (QED) is 0.870. The SMILES string of the molecule is CCOC1CC(Nc2snc(N)c2C2CC2)C1(C)C. The first-order valence-electron chi connectivity index (χ1n) is 7.17. The first kappa shape index (κ1) is 13.2. The molecule has 0 saturated heterocycles. The number of anilines is 2. The van der Waals surface area contributed by atoms with Crippen molar-refractivity contribution in [2.24, 2.45) is 5.41 Å². The van der Waals surface area contributed by atoms with Crippen LogP contribution >= 0.6 is 11.5 Å². The molecule has 2 saturated carbocycles. The fourth-order valence-electron chi connectivity index (χ4n) is 2.95. The van der Waals surface area contributed by atoms with Crippen LogP contribution < -0.4 is 11.1 Å². The molecule has 0 spiro atoms. The third-order valence-electron chi connectivity index (χ3n) is 4.59. The summed E-state index contributed by atoms with van der Waals surface area (Å²) in [5.41, 5.74) is 7.44. The molecule has 1 aromatic heterocycles. The first-order valence-corrected chi connectivity index (χ1v) is 7.94. The minimum Gasteiger partial charge on any atom is -0.383 e. The Morgan fingerprint density at radius 3 is 2.79 bits per heavy atom. The van der Waals surface area contributed by atoms with Gasteiger partial charge in [-0.2, -0.15) is 4.37 Å². The molecule has 3 rings (SSSR count). The van der Waals surface area contributed by atoms with Crippen LogP contribution in [0.2, 0.25) is 0 Å². The van der Waals surface area contributed by atoms with Gasteiger partial charge in [0.1, 0.15) is 10.8 Å². The summed E-state index contributed by atoms with van der Waals surface area (Å²) in [6, 6.07) is 0.460. The summed E-state index contributed by atoms with van der Waals surface area (Å²) in [7, 11) is 0. The molecule has 5 heteroatoms. The summed E-state index contributed by atoms with van der Waals surface area (Å²) < 4.78 is 10.1. The van der Waals surface area contributed by atoms with E-state index in [4.69, 9.17) is 10.5 Å². The van der Waals surface area contributed by atoms with Crippen molar-refractivity contribution in [2.75, 3.05) is 17.7 Å². The van der Waals surface area contributed by atoms with E-state index in [2.05, 4.69) is 30.5 Å². The van der Waals surface area contributed by atoms with E-state index in [0.29, 0.717) is 18.1 Å². The number of hydrogen-bond donors (Lipinski definition) is 2. The summed E-state index contributed by atoms with van der Waals surface area (Å²) in [4.78, 5) is 0. The van der Waals surface area contributed by atoms with E-state index in [9.17, 15) is 0 Å². The highest BCUT2D eigenvalue weighted by atomic mass is 32.1. The molecule has 2 aliphatic carbocycles. The van der Waals surface area contributed by atoms with Gasteiger partial charge < -0.3 is 15.8 Å². The Balaban J connectivity index is 1.70. The van der Waals surface area contributed by atoms with Gasteiger partial charge in [-0.05, 0) is 43.6 Å². The predicted octanol–water partition coefficient (Wildman–Crippen LogP) is 3.22. The van der Waals surface area contributed by atoms with Crippen LogP contribution in [0.25, 0.3) is 0 Å². The Bertz CT molecular complexity index is 467. The maximum atomic E-state index is 5.99. The second-order valence-corrected chi connectivity index (χ2v) is 7.06. The standard InChI is InChI=1S/C14H23N3OS/c1-4-18-10-7-9(14(10,2)3)16-13-11(8-5-6-8)12(15)17-19-13/h8-10,16H,4-7H2,1-3H3,(H2,15,17). The van der Waals surface area contributed by atoms with Crippen molar-refractivity contribution in [2.45, 2.75) is 58.1 Å². The number of aromatic nitrogens is 1. The van der Waals surface area contributed by atoms with Gasteiger partial charge in [-0.25, -0.2) is 0 Å². The number of ether oxygens (including phenoxy) is 1. The fraction of sp³-hybridized carbons (Fsp3) is 0.786. The number of nitrogens with zero attached hydrogens (tertiary/aromatic N) is 1. The molecule has 0 amide bonds. The zero-order valence-electron chi connectivity index (χ0n) is 11.9. The van der Waals surface area contributed by atoms with Crippen LogP contribution in [0.1, 0.15) is 51.5 Å². The molecule has 19 heavy (non-hydrogen) atoms. The van der Waals surface area contributed by atoms with Crippen molar-refractivity contribution in [3.05, 3.63) is 5.56 Å². The first-order chi connectivity index (χ1) is 9.04. The molecule has 0 radical (unpaired) electrons.